The second kappa shape index (κ2) is 3.76. The van der Waals surface area contributed by atoms with Gasteiger partial charge in [-0.05, 0) is 12.3 Å². The lowest BCUT2D eigenvalue weighted by Crippen LogP contribution is -2.11. The van der Waals surface area contributed by atoms with Crippen molar-refractivity contribution < 1.29 is 8.42 Å². The highest BCUT2D eigenvalue weighted by molar-refractivity contribution is 7.91. The molecule has 1 aromatic rings. The molecule has 0 radical (unpaired) electrons. The molecular weight excluding hydrogens is 226 g/mol. The summed E-state index contributed by atoms with van der Waals surface area (Å²) in [6.07, 6.45) is 2.39. The van der Waals surface area contributed by atoms with Gasteiger partial charge in [0.15, 0.2) is 9.84 Å². The summed E-state index contributed by atoms with van der Waals surface area (Å²) in [6, 6.07) is -0.0419. The number of hydrogen-bond acceptors (Lipinski definition) is 4. The van der Waals surface area contributed by atoms with Crippen molar-refractivity contribution >= 4 is 15.5 Å². The first-order valence-electron chi connectivity index (χ1n) is 5.44. The Morgan fingerprint density at radius 3 is 2.69 bits per heavy atom. The maximum absolute atomic E-state index is 11.4. The number of rotatable bonds is 2. The highest BCUT2D eigenvalue weighted by atomic mass is 32.2. The molecule has 1 fully saturated rings. The monoisotopic (exact) mass is 243 g/mol. The van der Waals surface area contributed by atoms with E-state index < -0.39 is 9.84 Å². The topological polar surface area (TPSA) is 78.0 Å². The van der Waals surface area contributed by atoms with Crippen molar-refractivity contribution in [2.45, 2.75) is 32.2 Å². The first kappa shape index (κ1) is 11.4. The van der Waals surface area contributed by atoms with Gasteiger partial charge in [-0.1, -0.05) is 13.8 Å². The van der Waals surface area contributed by atoms with Crippen LogP contribution in [0.2, 0.25) is 0 Å². The molecule has 6 heteroatoms. The second-order valence-corrected chi connectivity index (χ2v) is 6.89. The van der Waals surface area contributed by atoms with Gasteiger partial charge in [0.25, 0.3) is 0 Å². The third-order valence-electron chi connectivity index (χ3n) is 2.92. The van der Waals surface area contributed by atoms with Crippen LogP contribution in [0.4, 0.5) is 5.69 Å². The van der Waals surface area contributed by atoms with Crippen LogP contribution < -0.4 is 5.73 Å². The molecule has 1 saturated heterocycles. The molecular formula is C10H17N3O2S. The Morgan fingerprint density at radius 1 is 1.56 bits per heavy atom. The number of nitrogens with zero attached hydrogens (tertiary/aromatic N) is 2. The third-order valence-corrected chi connectivity index (χ3v) is 4.67. The van der Waals surface area contributed by atoms with Gasteiger partial charge < -0.3 is 5.73 Å². The number of aromatic nitrogens is 2. The fourth-order valence-electron chi connectivity index (χ4n) is 2.04. The minimum Gasteiger partial charge on any atom is -0.396 e. The largest absolute Gasteiger partial charge is 0.396 e. The Morgan fingerprint density at radius 2 is 2.25 bits per heavy atom. The van der Waals surface area contributed by atoms with Crippen molar-refractivity contribution in [3.63, 3.8) is 0 Å². The Balaban J connectivity index is 2.26. The fourth-order valence-corrected chi connectivity index (χ4v) is 3.74. The Labute approximate surface area is 95.6 Å². The van der Waals surface area contributed by atoms with E-state index in [1.807, 2.05) is 13.8 Å². The van der Waals surface area contributed by atoms with Crippen LogP contribution in [-0.2, 0) is 9.84 Å². The molecule has 0 spiro atoms. The molecule has 2 heterocycles. The van der Waals surface area contributed by atoms with E-state index in [-0.39, 0.29) is 23.5 Å². The molecule has 0 amide bonds. The molecule has 1 atom stereocenters. The lowest BCUT2D eigenvalue weighted by Gasteiger charge is -2.07. The molecule has 16 heavy (non-hydrogen) atoms. The quantitative estimate of drug-likeness (QED) is 0.838. The lowest BCUT2D eigenvalue weighted by atomic mass is 10.1. The Bertz CT molecular complexity index is 490. The van der Waals surface area contributed by atoms with E-state index in [1.165, 1.54) is 0 Å². The van der Waals surface area contributed by atoms with Gasteiger partial charge in [-0.25, -0.2) is 8.42 Å². The Kier molecular flexibility index (Phi) is 2.69. The summed E-state index contributed by atoms with van der Waals surface area (Å²) in [5.74, 6) is 0.708. The van der Waals surface area contributed by atoms with Gasteiger partial charge in [0, 0.05) is 6.20 Å². The van der Waals surface area contributed by atoms with E-state index in [1.54, 1.807) is 10.9 Å². The van der Waals surface area contributed by atoms with Crippen molar-refractivity contribution in [3.8, 4) is 0 Å². The number of nitrogen functional groups attached to an aromatic ring is 1. The van der Waals surface area contributed by atoms with Crippen LogP contribution in [-0.4, -0.2) is 29.7 Å². The molecule has 0 bridgehead atoms. The van der Waals surface area contributed by atoms with Crippen LogP contribution in [0.1, 0.15) is 37.9 Å². The van der Waals surface area contributed by atoms with Crippen LogP contribution in [0, 0.1) is 0 Å². The van der Waals surface area contributed by atoms with E-state index in [0.29, 0.717) is 12.1 Å². The lowest BCUT2D eigenvalue weighted by molar-refractivity contribution is 0.492. The second-order valence-electron chi connectivity index (χ2n) is 4.66. The number of nitrogens with two attached hydrogens (primary N) is 1. The van der Waals surface area contributed by atoms with Crippen LogP contribution in [0.25, 0.3) is 0 Å². The minimum atomic E-state index is -2.87. The summed E-state index contributed by atoms with van der Waals surface area (Å²) < 4.78 is 24.5. The molecule has 1 unspecified atom stereocenters. The fraction of sp³-hybridized carbons (Fsp3) is 0.700. The van der Waals surface area contributed by atoms with Crippen molar-refractivity contribution in [2.75, 3.05) is 17.2 Å². The van der Waals surface area contributed by atoms with Gasteiger partial charge in [-0.15, -0.1) is 0 Å². The molecule has 0 saturated carbocycles. The molecule has 2 N–H and O–H groups in total. The van der Waals surface area contributed by atoms with E-state index in [4.69, 9.17) is 5.73 Å². The molecule has 2 rings (SSSR count). The Hall–Kier alpha value is -1.04. The molecule has 5 nitrogen and oxygen atoms in total. The van der Waals surface area contributed by atoms with E-state index >= 15 is 0 Å². The average Bonchev–Trinajstić information content (AvgIpc) is 2.69. The van der Waals surface area contributed by atoms with Crippen molar-refractivity contribution in [1.82, 2.24) is 9.78 Å². The summed E-state index contributed by atoms with van der Waals surface area (Å²) in [7, 11) is -2.87. The zero-order chi connectivity index (χ0) is 11.9. The van der Waals surface area contributed by atoms with Gasteiger partial charge in [0.1, 0.15) is 0 Å². The van der Waals surface area contributed by atoms with Gasteiger partial charge in [0.05, 0.1) is 28.9 Å². The van der Waals surface area contributed by atoms with Gasteiger partial charge >= 0.3 is 0 Å². The SMILES string of the molecule is CC(C)c1nn(C2CCS(=O)(=O)C2)cc1N. The highest BCUT2D eigenvalue weighted by Crippen LogP contribution is 2.27. The summed E-state index contributed by atoms with van der Waals surface area (Å²) in [5.41, 5.74) is 7.35. The predicted molar refractivity (Wildman–Crippen MR) is 63.0 cm³/mol. The molecule has 1 aliphatic heterocycles. The van der Waals surface area contributed by atoms with Crippen LogP contribution >= 0.6 is 0 Å². The summed E-state index contributed by atoms with van der Waals surface area (Å²) in [5, 5.41) is 4.38. The van der Waals surface area contributed by atoms with Gasteiger partial charge in [-0.2, -0.15) is 5.10 Å². The molecule has 1 aromatic heterocycles. The average molecular weight is 243 g/mol. The zero-order valence-corrected chi connectivity index (χ0v) is 10.4. The van der Waals surface area contributed by atoms with Crippen LogP contribution in [0.3, 0.4) is 0 Å². The van der Waals surface area contributed by atoms with E-state index in [2.05, 4.69) is 5.10 Å². The van der Waals surface area contributed by atoms with Crippen molar-refractivity contribution in [3.05, 3.63) is 11.9 Å². The van der Waals surface area contributed by atoms with Gasteiger partial charge in [0.2, 0.25) is 0 Å². The highest BCUT2D eigenvalue weighted by Gasteiger charge is 2.30. The molecule has 90 valence electrons. The van der Waals surface area contributed by atoms with Crippen molar-refractivity contribution in [1.29, 1.82) is 0 Å². The maximum Gasteiger partial charge on any atom is 0.152 e. The summed E-state index contributed by atoms with van der Waals surface area (Å²) in [6.45, 7) is 4.04. The third kappa shape index (κ3) is 2.07. The zero-order valence-electron chi connectivity index (χ0n) is 9.55. The van der Waals surface area contributed by atoms with Crippen LogP contribution in [0.15, 0.2) is 6.20 Å². The first-order valence-corrected chi connectivity index (χ1v) is 7.26. The standard InChI is InChI=1S/C10H17N3O2S/c1-7(2)10-9(11)5-13(12-10)8-3-4-16(14,15)6-8/h5,7-8H,3-4,6,11H2,1-2H3. The van der Waals surface area contributed by atoms with Gasteiger partial charge in [-0.3, -0.25) is 4.68 Å². The summed E-state index contributed by atoms with van der Waals surface area (Å²) in [4.78, 5) is 0. The maximum atomic E-state index is 11.4. The normalized spacial score (nSPS) is 24.1. The number of sulfone groups is 1. The number of anilines is 1. The number of hydrogen-bond donors (Lipinski definition) is 1. The van der Waals surface area contributed by atoms with E-state index in [9.17, 15) is 8.42 Å². The minimum absolute atomic E-state index is 0.0419. The van der Waals surface area contributed by atoms with Crippen molar-refractivity contribution in [2.24, 2.45) is 0 Å². The van der Waals surface area contributed by atoms with E-state index in [0.717, 1.165) is 5.69 Å². The smallest absolute Gasteiger partial charge is 0.152 e. The molecule has 0 aromatic carbocycles. The first-order chi connectivity index (χ1) is 7.39. The predicted octanol–water partition coefficient (Wildman–Crippen LogP) is 0.948. The van der Waals surface area contributed by atoms with Crippen LogP contribution in [0.5, 0.6) is 0 Å². The molecule has 0 aliphatic carbocycles. The molecule has 1 aliphatic rings. The summed E-state index contributed by atoms with van der Waals surface area (Å²) >= 11 is 0.